The number of aromatic nitrogens is 23. The molecule has 1 aromatic carbocycles. The van der Waals surface area contributed by atoms with Gasteiger partial charge in [-0.2, -0.15) is 20.1 Å². The average Bonchev–Trinajstić information content (AvgIpc) is 1.57. The van der Waals surface area contributed by atoms with Gasteiger partial charge in [0.25, 0.3) is 17.0 Å². The molecule has 10 aliphatic heterocycles. The van der Waals surface area contributed by atoms with Crippen LogP contribution in [0.5, 0.6) is 0 Å². The van der Waals surface area contributed by atoms with Gasteiger partial charge in [-0.25, -0.2) is 58.6 Å². The summed E-state index contributed by atoms with van der Waals surface area (Å²) in [6.07, 6.45) is 33.5. The molecule has 10 aliphatic rings. The Morgan fingerprint density at radius 2 is 0.745 bits per heavy atom. The number of rotatable bonds is 18. The maximum atomic E-state index is 13.0. The Hall–Kier alpha value is -14.3. The molecule has 0 unspecified atom stereocenters. The second-order valence-electron chi connectivity index (χ2n) is 36.0. The highest BCUT2D eigenvalue weighted by Gasteiger charge is 2.68. The number of morpholine rings is 5. The van der Waals surface area contributed by atoms with Crippen LogP contribution in [0.1, 0.15) is 150 Å². The minimum Gasteiger partial charge on any atom is -0.388 e. The molecule has 0 saturated carbocycles. The molecule has 12 aromatic rings. The molecule has 10 bridgehead atoms. The maximum Gasteiger partial charge on any atom is 0.351 e. The number of nitrogens with two attached hydrogens (primary N) is 1. The summed E-state index contributed by atoms with van der Waals surface area (Å²) in [5.41, 5.74) is 2.79. The molecule has 0 radical (unpaired) electrons. The van der Waals surface area contributed by atoms with E-state index in [0.29, 0.717) is 96.5 Å². The number of carbonyl (C=O) groups is 1. The van der Waals surface area contributed by atoms with Gasteiger partial charge in [-0.1, -0.05) is 66.7 Å². The smallest absolute Gasteiger partial charge is 0.351 e. The number of H-pyrrole nitrogens is 2. The van der Waals surface area contributed by atoms with Gasteiger partial charge in [-0.05, 0) is 78.9 Å². The number of hydrogen-bond acceptors (Lipinski definition) is 37. The van der Waals surface area contributed by atoms with E-state index in [0.717, 1.165) is 36.6 Å². The zero-order valence-corrected chi connectivity index (χ0v) is 77.2. The fourth-order valence-electron chi connectivity index (χ4n) is 21.0. The fraction of sp³-hybridized carbons (Fsp3) is 0.462. The van der Waals surface area contributed by atoms with Crippen molar-refractivity contribution in [2.75, 3.05) is 68.3 Å². The molecular formula is C91H106N30O16. The molecule has 46 nitrogen and oxygen atoms in total. The summed E-state index contributed by atoms with van der Waals surface area (Å²) >= 11 is 0. The van der Waals surface area contributed by atoms with E-state index in [1.54, 1.807) is 174 Å². The van der Waals surface area contributed by atoms with E-state index in [9.17, 15) is 53.7 Å². The van der Waals surface area contributed by atoms with E-state index in [1.165, 1.54) is 41.8 Å². The Morgan fingerprint density at radius 3 is 1.10 bits per heavy atom. The average molecular weight is 1880 g/mol. The lowest BCUT2D eigenvalue weighted by molar-refractivity contribution is -0.107. The monoisotopic (exact) mass is 1870 g/mol. The number of nitrogens with one attached hydrogen (secondary N) is 3. The number of nitrogen functional groups attached to an aromatic ring is 1. The van der Waals surface area contributed by atoms with Gasteiger partial charge in [0.2, 0.25) is 0 Å². The van der Waals surface area contributed by atoms with E-state index in [-0.39, 0.29) is 63.9 Å². The zero-order valence-electron chi connectivity index (χ0n) is 77.2. The number of aliphatic hydroxyl groups is 3. The molecule has 716 valence electrons. The van der Waals surface area contributed by atoms with Crippen LogP contribution in [0.3, 0.4) is 0 Å². The number of aliphatic hydroxyl groups excluding tert-OH is 3. The van der Waals surface area contributed by atoms with Crippen LogP contribution in [0.15, 0.2) is 200 Å². The van der Waals surface area contributed by atoms with Crippen molar-refractivity contribution in [3.05, 3.63) is 273 Å². The highest BCUT2D eigenvalue weighted by atomic mass is 16.6. The van der Waals surface area contributed by atoms with Crippen molar-refractivity contribution >= 4 is 46.6 Å². The number of aromatic amines is 2. The molecule has 1 amide bonds. The first-order chi connectivity index (χ1) is 65.9. The Labute approximate surface area is 781 Å². The molecule has 8 N–H and O–H groups in total. The third-order valence-electron chi connectivity index (χ3n) is 28.7. The SMILES string of the molecule is CC[C@@]12CN(c3cnccn3)[C@@H]([C@H](n3cc(C)c(-n4cncn4)nc3=O)O1)[C@@H]2C.CC[C@@]12CN(c3cnccn3)[C@@H]([C@H](n3cc(C)c(=O)[nH]c3=O)O1)[C@@H]2C.CC[C@@]12CN(c3cnccn3)[C@@H]([C@H](n3cc(C)c(=O)[nH]c3=O)O1)[C@@H]2O.CC[C@@]12CN(c3cnccn3)[C@@H]([C@H](n3cc(C)c(N)nc3=O)O1)[C@@H]2O.CC[C@@]12CN(c3cnccn3)[C@@H]([C@H](n3cc(C)c(NC(=O)c4ccccc4)nc3=O)O1)[C@@H]2O. The number of hydrogen-bond donors (Lipinski definition) is 7. The van der Waals surface area contributed by atoms with Crippen LogP contribution >= 0.6 is 0 Å². The summed E-state index contributed by atoms with van der Waals surface area (Å²) < 4.78 is 40.1. The number of benzene rings is 1. The Balaban J connectivity index is 0.000000114. The molecule has 22 rings (SSSR count). The summed E-state index contributed by atoms with van der Waals surface area (Å²) in [4.78, 5) is 172. The quantitative estimate of drug-likeness (QED) is 0.0649. The standard InChI is InChI=1S/C23H24N6O4.C19H22N8O2.C17H21N5O3.C16H20N6O3.C16H19N5O4/c1-3-23-13-29(16-11-24-9-10-25-16)17(18(23)30)21(33-23)28-12-14(2)19(27-22(28)32)26-20(31)15-7-5-4-6-8-15;1-4-19-9-26(14-7-20-5-6-22-14)15(13(19)3)17(29-19)25-8-12(2)16(24-18(25)28)27-11-21-10-23-27;1-4-17-9-22(12-7-18-5-6-19-12)13(11(17)3)15(25-17)21-8-10(2)14(23)20-16(21)24;1-3-16-8-22(10-6-18-4-5-19-10)11(12(16)23)14(25-16)21-7-9(2)13(17)20-15(21)24;1-3-16-8-21(10-6-17-4-5-18-10)11(12(16)22)14(25-16)20-7-9(2)13(23)19-15(20)24/h4-12,17-18,21,30H,3,13H2,1-2H3,(H,26,27,31,32);5-8,10-11,13,15,17H,4,9H2,1-3H3;5-8,11,13,15H,4,9H2,1-3H3,(H,20,23,24);4-7,11-12,14,23H,3,8H2,1-2H3,(H2,17,20,24);4-7,11-12,14,22H,3,8H2,1-2H3,(H,19,23,24)/t17-,18+,21-,23+;13-,15+,17+,19-;11-,13+,15+,17-;2*11-,12+,14-,16+/m10011/s1. The van der Waals surface area contributed by atoms with E-state index in [1.807, 2.05) is 48.5 Å². The second kappa shape index (κ2) is 36.7. The Bertz CT molecular complexity index is 6730. The second-order valence-corrected chi connectivity index (χ2v) is 36.0. The van der Waals surface area contributed by atoms with Gasteiger partial charge in [0.05, 0.1) is 73.9 Å². The third kappa shape index (κ3) is 16.2. The highest BCUT2D eigenvalue weighted by molar-refractivity contribution is 6.04. The van der Waals surface area contributed by atoms with Crippen LogP contribution in [0, 0.1) is 46.5 Å². The van der Waals surface area contributed by atoms with Gasteiger partial charge in [0, 0.05) is 151 Å². The van der Waals surface area contributed by atoms with Crippen molar-refractivity contribution in [2.24, 2.45) is 11.8 Å². The fourth-order valence-corrected chi connectivity index (χ4v) is 21.0. The lowest BCUT2D eigenvalue weighted by atomic mass is 9.88. The van der Waals surface area contributed by atoms with Gasteiger partial charge in [-0.3, -0.25) is 72.1 Å². The normalized spacial score (nSPS) is 29.1. The van der Waals surface area contributed by atoms with E-state index in [2.05, 4.69) is 128 Å². The lowest BCUT2D eigenvalue weighted by Crippen LogP contribution is -2.48. The van der Waals surface area contributed by atoms with Gasteiger partial charge in [-0.15, -0.1) is 0 Å². The summed E-state index contributed by atoms with van der Waals surface area (Å²) in [7, 11) is 0. The van der Waals surface area contributed by atoms with Crippen molar-refractivity contribution in [2.45, 2.75) is 223 Å². The van der Waals surface area contributed by atoms with Gasteiger partial charge in [0.1, 0.15) is 107 Å². The Morgan fingerprint density at radius 1 is 0.416 bits per heavy atom. The molecular weight excluding hydrogens is 1770 g/mol. The number of carbonyl (C=O) groups excluding carboxylic acids is 1. The highest BCUT2D eigenvalue weighted by Crippen LogP contribution is 2.56. The largest absolute Gasteiger partial charge is 0.388 e. The van der Waals surface area contributed by atoms with Crippen LogP contribution in [0.4, 0.5) is 40.7 Å². The van der Waals surface area contributed by atoms with Crippen LogP contribution in [0.2, 0.25) is 0 Å². The molecule has 11 aromatic heterocycles. The van der Waals surface area contributed by atoms with Crippen LogP contribution in [0.25, 0.3) is 5.82 Å². The predicted molar refractivity (Wildman–Crippen MR) is 493 cm³/mol. The first-order valence-electron chi connectivity index (χ1n) is 45.3. The molecule has 21 heterocycles. The van der Waals surface area contributed by atoms with Crippen LogP contribution < -0.4 is 75.1 Å². The summed E-state index contributed by atoms with van der Waals surface area (Å²) in [5, 5.41) is 39.6. The zero-order chi connectivity index (χ0) is 96.6. The molecule has 46 heteroatoms. The molecule has 0 aliphatic carbocycles. The minimum atomic E-state index is -0.833. The number of amides is 1. The van der Waals surface area contributed by atoms with Gasteiger partial charge < -0.3 is 74.6 Å². The van der Waals surface area contributed by atoms with E-state index >= 15 is 0 Å². The maximum absolute atomic E-state index is 13.0. The first-order valence-corrected chi connectivity index (χ1v) is 45.3. The Kier molecular flexibility index (Phi) is 25.0. The third-order valence-corrected chi connectivity index (χ3v) is 28.7. The van der Waals surface area contributed by atoms with E-state index in [4.69, 9.17) is 29.4 Å². The summed E-state index contributed by atoms with van der Waals surface area (Å²) in [6.45, 7) is 25.9. The van der Waals surface area contributed by atoms with Crippen LogP contribution in [-0.2, 0) is 23.7 Å². The number of ether oxygens (including phenoxy) is 5. The molecule has 137 heavy (non-hydrogen) atoms. The molecule has 10 fully saturated rings. The number of anilines is 7. The van der Waals surface area contributed by atoms with Crippen molar-refractivity contribution in [1.82, 2.24) is 112 Å². The number of aryl methyl sites for hydroxylation is 5. The summed E-state index contributed by atoms with van der Waals surface area (Å²) in [5.74, 6) is 4.37. The molecule has 20 atom stereocenters. The summed E-state index contributed by atoms with van der Waals surface area (Å²) in [6, 6.07) is 7.11. The van der Waals surface area contributed by atoms with Crippen molar-refractivity contribution in [3.63, 3.8) is 0 Å². The molecule has 10 saturated heterocycles. The number of nitrogens with zero attached hydrogens (tertiary/aromatic N) is 26. The van der Waals surface area contributed by atoms with Crippen molar-refractivity contribution < 1.29 is 43.8 Å². The molecule has 0 spiro atoms. The first kappa shape index (κ1) is 93.1. The van der Waals surface area contributed by atoms with Crippen molar-refractivity contribution in [3.8, 4) is 5.82 Å². The predicted octanol–water partition coefficient (Wildman–Crippen LogP) is 2.90. The topological polar surface area (TPSA) is 552 Å². The lowest BCUT2D eigenvalue weighted by Gasteiger charge is -2.38. The van der Waals surface area contributed by atoms with Gasteiger partial charge in [0.15, 0.2) is 37.0 Å². The van der Waals surface area contributed by atoms with Crippen LogP contribution in [-0.4, -0.2) is 243 Å². The van der Waals surface area contributed by atoms with Crippen molar-refractivity contribution in [1.29, 1.82) is 0 Å². The van der Waals surface area contributed by atoms with Gasteiger partial charge >= 0.3 is 28.4 Å². The van der Waals surface area contributed by atoms with E-state index < -0.39 is 113 Å². The number of fused-ring (bicyclic) bond motifs is 10. The minimum absolute atomic E-state index is 0.0391.